The highest BCUT2D eigenvalue weighted by Crippen LogP contribution is 2.41. The zero-order valence-corrected chi connectivity index (χ0v) is 17.3. The second-order valence-electron chi connectivity index (χ2n) is 8.77. The number of hydrogen-bond donors (Lipinski definition) is 0. The summed E-state index contributed by atoms with van der Waals surface area (Å²) < 4.78 is 5.50. The molecule has 1 saturated carbocycles. The zero-order chi connectivity index (χ0) is 19.8. The first-order valence-corrected chi connectivity index (χ1v) is 10.0. The number of carbonyl (C=O) groups excluding carboxylic acids is 2. The molecule has 1 aliphatic carbocycles. The van der Waals surface area contributed by atoms with Gasteiger partial charge in [-0.3, -0.25) is 4.79 Å². The highest BCUT2D eigenvalue weighted by molar-refractivity contribution is 6.31. The predicted octanol–water partition coefficient (Wildman–Crippen LogP) is 4.33. The summed E-state index contributed by atoms with van der Waals surface area (Å²) in [5.74, 6) is 0.926. The van der Waals surface area contributed by atoms with E-state index < -0.39 is 5.60 Å². The molecular weight excluding hydrogens is 364 g/mol. The third-order valence-electron chi connectivity index (χ3n) is 5.52. The van der Waals surface area contributed by atoms with E-state index in [0.717, 1.165) is 18.4 Å². The van der Waals surface area contributed by atoms with Gasteiger partial charge in [0.25, 0.3) is 0 Å². The quantitative estimate of drug-likeness (QED) is 0.769. The van der Waals surface area contributed by atoms with Crippen molar-refractivity contribution < 1.29 is 14.3 Å². The number of benzene rings is 1. The molecule has 27 heavy (non-hydrogen) atoms. The first-order valence-electron chi connectivity index (χ1n) is 9.62. The largest absolute Gasteiger partial charge is 0.444 e. The van der Waals surface area contributed by atoms with Crippen molar-refractivity contribution in [3.8, 4) is 0 Å². The van der Waals surface area contributed by atoms with Crippen molar-refractivity contribution in [2.75, 3.05) is 13.1 Å². The molecule has 0 bridgehead atoms. The Morgan fingerprint density at radius 3 is 2.30 bits per heavy atom. The molecule has 5 nitrogen and oxygen atoms in total. The van der Waals surface area contributed by atoms with Crippen LogP contribution in [-0.4, -0.2) is 46.5 Å². The molecule has 3 atom stereocenters. The molecule has 1 unspecified atom stereocenters. The number of carbonyl (C=O) groups is 2. The summed E-state index contributed by atoms with van der Waals surface area (Å²) in [6, 6.07) is 7.88. The van der Waals surface area contributed by atoms with Gasteiger partial charge in [-0.05, 0) is 57.1 Å². The van der Waals surface area contributed by atoms with Gasteiger partial charge in [-0.25, -0.2) is 4.79 Å². The summed E-state index contributed by atoms with van der Waals surface area (Å²) in [6.45, 7) is 9.25. The minimum atomic E-state index is -0.475. The fourth-order valence-electron chi connectivity index (χ4n) is 4.31. The average molecular weight is 393 g/mol. The molecule has 0 spiro atoms. The van der Waals surface area contributed by atoms with Crippen LogP contribution in [0.15, 0.2) is 24.3 Å². The monoisotopic (exact) mass is 392 g/mol. The second kappa shape index (κ2) is 7.70. The summed E-state index contributed by atoms with van der Waals surface area (Å²) >= 11 is 6.29. The lowest BCUT2D eigenvalue weighted by Gasteiger charge is -2.30. The van der Waals surface area contributed by atoms with E-state index in [-0.39, 0.29) is 18.0 Å². The lowest BCUT2D eigenvalue weighted by atomic mass is 10.0. The Morgan fingerprint density at radius 1 is 1.19 bits per heavy atom. The average Bonchev–Trinajstić information content (AvgIpc) is 3.10. The smallest absolute Gasteiger partial charge is 0.410 e. The van der Waals surface area contributed by atoms with Crippen molar-refractivity contribution >= 4 is 23.6 Å². The molecule has 0 aromatic heterocycles. The van der Waals surface area contributed by atoms with Crippen LogP contribution in [0.3, 0.4) is 0 Å². The Balaban J connectivity index is 1.62. The third-order valence-corrected chi connectivity index (χ3v) is 5.89. The molecule has 1 aromatic carbocycles. The molecule has 2 aliphatic rings. The molecule has 2 fully saturated rings. The Labute approximate surface area is 166 Å². The first-order chi connectivity index (χ1) is 12.6. The maximum absolute atomic E-state index is 12.3. The van der Waals surface area contributed by atoms with Gasteiger partial charge in [0.2, 0.25) is 5.91 Å². The van der Waals surface area contributed by atoms with E-state index in [1.807, 2.05) is 54.8 Å². The van der Waals surface area contributed by atoms with Crippen molar-refractivity contribution in [3.05, 3.63) is 34.9 Å². The standard InChI is InChI=1S/C21H29ClN2O3/c1-14(25)24(13-15-7-5-6-8-19(15)22)18-9-16-11-23(12-17(16)10-18)20(26)27-21(2,3)4/h5-8,16-18H,9-13H2,1-4H3/t16-,17+,18?. The summed E-state index contributed by atoms with van der Waals surface area (Å²) in [5, 5.41) is 0.693. The van der Waals surface area contributed by atoms with Gasteiger partial charge in [0, 0.05) is 37.6 Å². The van der Waals surface area contributed by atoms with Crippen molar-refractivity contribution in [3.63, 3.8) is 0 Å². The van der Waals surface area contributed by atoms with Gasteiger partial charge in [0.05, 0.1) is 0 Å². The summed E-state index contributed by atoms with van der Waals surface area (Å²) in [7, 11) is 0. The molecule has 0 N–H and O–H groups in total. The summed E-state index contributed by atoms with van der Waals surface area (Å²) in [6.07, 6.45) is 1.62. The third kappa shape index (κ3) is 4.75. The van der Waals surface area contributed by atoms with Gasteiger partial charge in [-0.15, -0.1) is 0 Å². The van der Waals surface area contributed by atoms with E-state index in [1.54, 1.807) is 6.92 Å². The maximum Gasteiger partial charge on any atom is 0.410 e. The Bertz CT molecular complexity index is 702. The number of likely N-dealkylation sites (tertiary alicyclic amines) is 1. The van der Waals surface area contributed by atoms with Crippen LogP contribution < -0.4 is 0 Å². The molecule has 3 rings (SSSR count). The number of nitrogens with zero attached hydrogens (tertiary/aromatic N) is 2. The maximum atomic E-state index is 12.3. The molecule has 1 aliphatic heterocycles. The Morgan fingerprint density at radius 2 is 1.78 bits per heavy atom. The van der Waals surface area contributed by atoms with E-state index in [2.05, 4.69) is 0 Å². The van der Waals surface area contributed by atoms with Gasteiger partial charge in [0.15, 0.2) is 0 Å². The molecular formula is C21H29ClN2O3. The normalized spacial score (nSPS) is 24.6. The van der Waals surface area contributed by atoms with Crippen molar-refractivity contribution in [2.45, 2.75) is 58.7 Å². The number of amides is 2. The van der Waals surface area contributed by atoms with Crippen molar-refractivity contribution in [1.29, 1.82) is 0 Å². The molecule has 1 heterocycles. The number of fused-ring (bicyclic) bond motifs is 1. The van der Waals surface area contributed by atoms with Crippen LogP contribution in [0.2, 0.25) is 5.02 Å². The van der Waals surface area contributed by atoms with Crippen LogP contribution in [0.5, 0.6) is 0 Å². The number of rotatable bonds is 3. The van der Waals surface area contributed by atoms with Gasteiger partial charge < -0.3 is 14.5 Å². The highest BCUT2D eigenvalue weighted by atomic mass is 35.5. The van der Waals surface area contributed by atoms with Crippen LogP contribution in [0.1, 0.15) is 46.1 Å². The molecule has 1 aromatic rings. The summed E-state index contributed by atoms with van der Waals surface area (Å²) in [5.41, 5.74) is 0.499. The molecule has 148 valence electrons. The van der Waals surface area contributed by atoms with Crippen LogP contribution in [0, 0.1) is 11.8 Å². The fourth-order valence-corrected chi connectivity index (χ4v) is 4.50. The number of ether oxygens (including phenoxy) is 1. The minimum Gasteiger partial charge on any atom is -0.444 e. The lowest BCUT2D eigenvalue weighted by molar-refractivity contribution is -0.131. The summed E-state index contributed by atoms with van der Waals surface area (Å²) in [4.78, 5) is 28.4. The molecule has 6 heteroatoms. The molecule has 1 saturated heterocycles. The van der Waals surface area contributed by atoms with E-state index >= 15 is 0 Å². The first kappa shape index (κ1) is 20.0. The second-order valence-corrected chi connectivity index (χ2v) is 9.18. The molecule has 0 radical (unpaired) electrons. The molecule has 2 amide bonds. The van der Waals surface area contributed by atoms with Gasteiger partial charge in [-0.2, -0.15) is 0 Å². The lowest BCUT2D eigenvalue weighted by Crippen LogP contribution is -2.39. The topological polar surface area (TPSA) is 49.9 Å². The van der Waals surface area contributed by atoms with Crippen LogP contribution >= 0.6 is 11.6 Å². The van der Waals surface area contributed by atoms with Crippen LogP contribution in [-0.2, 0) is 16.1 Å². The predicted molar refractivity (Wildman–Crippen MR) is 105 cm³/mol. The van der Waals surface area contributed by atoms with Crippen molar-refractivity contribution in [2.24, 2.45) is 11.8 Å². The van der Waals surface area contributed by atoms with Crippen LogP contribution in [0.4, 0.5) is 4.79 Å². The zero-order valence-electron chi connectivity index (χ0n) is 16.6. The van der Waals surface area contributed by atoms with Gasteiger partial charge in [-0.1, -0.05) is 29.8 Å². The van der Waals surface area contributed by atoms with E-state index in [1.165, 1.54) is 0 Å². The van der Waals surface area contributed by atoms with Crippen molar-refractivity contribution in [1.82, 2.24) is 9.80 Å². The van der Waals surface area contributed by atoms with E-state index in [0.29, 0.717) is 36.5 Å². The minimum absolute atomic E-state index is 0.0730. The number of halogens is 1. The van der Waals surface area contributed by atoms with Gasteiger partial charge >= 0.3 is 6.09 Å². The highest BCUT2D eigenvalue weighted by Gasteiger charge is 2.45. The SMILES string of the molecule is CC(=O)N(Cc1ccccc1Cl)C1C[C@@H]2CN(C(=O)OC(C)(C)C)C[C@@H]2C1. The van der Waals surface area contributed by atoms with Crippen LogP contribution in [0.25, 0.3) is 0 Å². The van der Waals surface area contributed by atoms with E-state index in [4.69, 9.17) is 16.3 Å². The Hall–Kier alpha value is -1.75. The Kier molecular flexibility index (Phi) is 5.71. The fraction of sp³-hybridized carbons (Fsp3) is 0.619. The van der Waals surface area contributed by atoms with E-state index in [9.17, 15) is 9.59 Å². The van der Waals surface area contributed by atoms with Gasteiger partial charge in [0.1, 0.15) is 5.60 Å². The number of hydrogen-bond acceptors (Lipinski definition) is 3.